The molecule has 1 heterocycles. The molecule has 0 aliphatic rings. The molecule has 0 saturated heterocycles. The number of anilines is 1. The highest BCUT2D eigenvalue weighted by molar-refractivity contribution is 7.92. The normalized spacial score (nSPS) is 12.6. The highest BCUT2D eigenvalue weighted by Crippen LogP contribution is 2.21. The summed E-state index contributed by atoms with van der Waals surface area (Å²) in [6, 6.07) is 12.2. The maximum atomic E-state index is 13.0. The van der Waals surface area contributed by atoms with Crippen LogP contribution in [0.4, 0.5) is 5.69 Å². The Morgan fingerprint density at radius 3 is 2.55 bits per heavy atom. The summed E-state index contributed by atoms with van der Waals surface area (Å²) in [6.07, 6.45) is -0.196. The van der Waals surface area contributed by atoms with Gasteiger partial charge in [-0.05, 0) is 49.7 Å². The van der Waals surface area contributed by atoms with Gasteiger partial charge in [-0.25, -0.2) is 13.1 Å². The van der Waals surface area contributed by atoms with Crippen molar-refractivity contribution < 1.29 is 17.9 Å². The van der Waals surface area contributed by atoms with Crippen molar-refractivity contribution in [3.63, 3.8) is 0 Å². The van der Waals surface area contributed by atoms with Crippen LogP contribution >= 0.6 is 0 Å². The Kier molecular flexibility index (Phi) is 5.92. The first kappa shape index (κ1) is 20.5. The second-order valence-electron chi connectivity index (χ2n) is 6.28. The number of fused-ring (bicyclic) bond motifs is 1. The molecule has 10 heteroatoms. The van der Waals surface area contributed by atoms with E-state index in [1.54, 1.807) is 31.2 Å². The maximum Gasteiger partial charge on any atom is 0.324 e. The van der Waals surface area contributed by atoms with E-state index in [1.165, 1.54) is 24.3 Å². The summed E-state index contributed by atoms with van der Waals surface area (Å²) in [4.78, 5) is 24.9. The number of esters is 1. The molecule has 2 aromatic carbocycles. The summed E-state index contributed by atoms with van der Waals surface area (Å²) in [7, 11) is -4.06. The molecule has 0 bridgehead atoms. The van der Waals surface area contributed by atoms with E-state index < -0.39 is 26.6 Å². The van der Waals surface area contributed by atoms with Gasteiger partial charge in [-0.15, -0.1) is 5.10 Å². The van der Waals surface area contributed by atoms with Crippen molar-refractivity contribution in [2.75, 3.05) is 12.3 Å². The Bertz CT molecular complexity index is 1190. The molecule has 3 rings (SSSR count). The van der Waals surface area contributed by atoms with E-state index in [4.69, 9.17) is 10.5 Å². The monoisotopic (exact) mass is 416 g/mol. The number of hydrogen-bond donors (Lipinski definition) is 1. The molecule has 29 heavy (non-hydrogen) atoms. The van der Waals surface area contributed by atoms with Gasteiger partial charge < -0.3 is 10.5 Å². The molecule has 1 unspecified atom stereocenters. The van der Waals surface area contributed by atoms with E-state index in [2.05, 4.69) is 10.3 Å². The zero-order valence-corrected chi connectivity index (χ0v) is 16.5. The number of nitrogens with zero attached hydrogens (tertiary/aromatic N) is 3. The fourth-order valence-electron chi connectivity index (χ4n) is 2.87. The van der Waals surface area contributed by atoms with Crippen molar-refractivity contribution >= 4 is 32.4 Å². The van der Waals surface area contributed by atoms with E-state index >= 15 is 0 Å². The van der Waals surface area contributed by atoms with Gasteiger partial charge in [0.25, 0.3) is 5.56 Å². The van der Waals surface area contributed by atoms with Gasteiger partial charge in [-0.3, -0.25) is 9.59 Å². The smallest absolute Gasteiger partial charge is 0.324 e. The third-order valence-electron chi connectivity index (χ3n) is 4.37. The summed E-state index contributed by atoms with van der Waals surface area (Å²) >= 11 is 0. The average molecular weight is 416 g/mol. The Morgan fingerprint density at radius 1 is 1.17 bits per heavy atom. The molecule has 1 aromatic heterocycles. The summed E-state index contributed by atoms with van der Waals surface area (Å²) < 4.78 is 32.0. The third kappa shape index (κ3) is 4.27. The summed E-state index contributed by atoms with van der Waals surface area (Å²) in [5, 5.41) is 6.67. The molecule has 0 spiro atoms. The first-order valence-corrected chi connectivity index (χ1v) is 10.5. The van der Waals surface area contributed by atoms with Crippen molar-refractivity contribution in [3.05, 3.63) is 58.9 Å². The van der Waals surface area contributed by atoms with Gasteiger partial charge in [0, 0.05) is 12.2 Å². The van der Waals surface area contributed by atoms with Crippen LogP contribution in [-0.2, 0) is 25.9 Å². The van der Waals surface area contributed by atoms with Crippen LogP contribution in [0, 0.1) is 0 Å². The van der Waals surface area contributed by atoms with Gasteiger partial charge in [-0.1, -0.05) is 17.3 Å². The molecule has 3 aromatic rings. The van der Waals surface area contributed by atoms with Crippen molar-refractivity contribution in [1.29, 1.82) is 0 Å². The van der Waals surface area contributed by atoms with E-state index in [0.717, 1.165) is 4.68 Å². The number of carbonyl (C=O) groups is 1. The fourth-order valence-corrected chi connectivity index (χ4v) is 4.45. The van der Waals surface area contributed by atoms with Crippen molar-refractivity contribution in [3.8, 4) is 0 Å². The van der Waals surface area contributed by atoms with Crippen LogP contribution in [0.15, 0.2) is 58.2 Å². The number of nitrogens with two attached hydrogens (primary N) is 1. The van der Waals surface area contributed by atoms with Gasteiger partial charge in [0.15, 0.2) is 15.1 Å². The molecule has 9 nitrogen and oxygen atoms in total. The second-order valence-corrected chi connectivity index (χ2v) is 8.41. The number of carbonyl (C=O) groups excluding carboxylic acids is 1. The molecule has 1 atom stereocenters. The Balaban J connectivity index is 1.92. The minimum Gasteiger partial charge on any atom is -0.465 e. The van der Waals surface area contributed by atoms with Crippen molar-refractivity contribution in [2.45, 2.75) is 30.0 Å². The molecule has 0 amide bonds. The molecule has 0 aliphatic heterocycles. The first-order valence-electron chi connectivity index (χ1n) is 8.93. The van der Waals surface area contributed by atoms with Crippen LogP contribution in [-0.4, -0.2) is 41.2 Å². The van der Waals surface area contributed by atoms with Crippen LogP contribution in [0.5, 0.6) is 0 Å². The van der Waals surface area contributed by atoms with Crippen LogP contribution in [0.2, 0.25) is 0 Å². The van der Waals surface area contributed by atoms with E-state index in [1.807, 2.05) is 0 Å². The first-order chi connectivity index (χ1) is 13.8. The number of hydrogen-bond acceptors (Lipinski definition) is 8. The number of aryl methyl sites for hydroxylation is 1. The third-order valence-corrected chi connectivity index (χ3v) is 6.47. The lowest BCUT2D eigenvalue weighted by Gasteiger charge is -2.17. The summed E-state index contributed by atoms with van der Waals surface area (Å²) in [5.41, 5.74) is 6.03. The molecule has 0 aliphatic carbocycles. The second kappa shape index (κ2) is 8.39. The fraction of sp³-hybridized carbons (Fsp3) is 0.263. The van der Waals surface area contributed by atoms with Gasteiger partial charge in [0.2, 0.25) is 0 Å². The number of rotatable bonds is 7. The predicted molar refractivity (Wildman–Crippen MR) is 107 cm³/mol. The largest absolute Gasteiger partial charge is 0.465 e. The standard InChI is InChI=1S/C19H20N4O5S/c1-2-28-19(25)17(29(26,27)14-9-7-13(20)8-10-14)11-12-23-18(24)15-5-3-4-6-16(15)21-22-23/h3-10,17H,2,11-12,20H2,1H3. The number of nitrogen functional groups attached to an aromatic ring is 1. The lowest BCUT2D eigenvalue weighted by molar-refractivity contribution is -0.142. The summed E-state index contributed by atoms with van der Waals surface area (Å²) in [5.74, 6) is -0.883. The van der Waals surface area contributed by atoms with Gasteiger partial charge >= 0.3 is 5.97 Å². The van der Waals surface area contributed by atoms with E-state index in [9.17, 15) is 18.0 Å². The zero-order chi connectivity index (χ0) is 21.0. The van der Waals surface area contributed by atoms with Crippen molar-refractivity contribution in [1.82, 2.24) is 15.0 Å². The van der Waals surface area contributed by atoms with Crippen molar-refractivity contribution in [2.24, 2.45) is 0 Å². The van der Waals surface area contributed by atoms with E-state index in [-0.39, 0.29) is 24.5 Å². The van der Waals surface area contributed by atoms with Crippen LogP contribution in [0.25, 0.3) is 10.9 Å². The topological polar surface area (TPSA) is 134 Å². The molecule has 152 valence electrons. The van der Waals surface area contributed by atoms with Crippen LogP contribution in [0.3, 0.4) is 0 Å². The lowest BCUT2D eigenvalue weighted by Crippen LogP contribution is -2.35. The number of benzene rings is 2. The predicted octanol–water partition coefficient (Wildman–Crippen LogP) is 1.17. The quantitative estimate of drug-likeness (QED) is 0.448. The molecular weight excluding hydrogens is 396 g/mol. The number of aromatic nitrogens is 3. The Hall–Kier alpha value is -3.27. The molecule has 2 N–H and O–H groups in total. The van der Waals surface area contributed by atoms with Gasteiger partial charge in [-0.2, -0.15) is 0 Å². The van der Waals surface area contributed by atoms with Crippen LogP contribution < -0.4 is 11.3 Å². The minimum absolute atomic E-state index is 0.0301. The average Bonchev–Trinajstić information content (AvgIpc) is 2.70. The molecule has 0 fully saturated rings. The van der Waals surface area contributed by atoms with Gasteiger partial charge in [0.1, 0.15) is 5.52 Å². The molecule has 0 saturated carbocycles. The van der Waals surface area contributed by atoms with E-state index in [0.29, 0.717) is 16.6 Å². The Labute approximate surface area is 167 Å². The van der Waals surface area contributed by atoms with Crippen LogP contribution in [0.1, 0.15) is 13.3 Å². The number of sulfone groups is 1. The number of ether oxygens (including phenoxy) is 1. The molecular formula is C19H20N4O5S. The zero-order valence-electron chi connectivity index (χ0n) is 15.7. The lowest BCUT2D eigenvalue weighted by atomic mass is 10.2. The highest BCUT2D eigenvalue weighted by Gasteiger charge is 2.35. The summed E-state index contributed by atoms with van der Waals surface area (Å²) in [6.45, 7) is 1.50. The Morgan fingerprint density at radius 2 is 1.86 bits per heavy atom. The maximum absolute atomic E-state index is 13.0. The van der Waals surface area contributed by atoms with Gasteiger partial charge in [0.05, 0.1) is 16.9 Å². The highest BCUT2D eigenvalue weighted by atomic mass is 32.2. The SMILES string of the molecule is CCOC(=O)C(CCn1nnc2ccccc2c1=O)S(=O)(=O)c1ccc(N)cc1. The molecule has 0 radical (unpaired) electrons. The minimum atomic E-state index is -4.06.